The summed E-state index contributed by atoms with van der Waals surface area (Å²) >= 11 is 0. The van der Waals surface area contributed by atoms with Crippen molar-refractivity contribution in [1.29, 1.82) is 0 Å². The molecule has 1 saturated heterocycles. The first kappa shape index (κ1) is 19.8. The molecule has 1 aliphatic heterocycles. The highest BCUT2D eigenvalue weighted by atomic mass is 15.5. The number of rotatable bonds is 6. The minimum Gasteiger partial charge on any atom is -0.405 e. The topological polar surface area (TPSA) is 41.3 Å². The lowest BCUT2D eigenvalue weighted by molar-refractivity contribution is 0.164. The molecule has 3 N–H and O–H groups in total. The monoisotopic (exact) mass is 293 g/mol. The van der Waals surface area contributed by atoms with E-state index in [1.807, 2.05) is 0 Å². The van der Waals surface area contributed by atoms with E-state index in [9.17, 15) is 0 Å². The van der Waals surface area contributed by atoms with Crippen LogP contribution in [0.3, 0.4) is 0 Å². The molecule has 0 amide bonds. The fraction of sp³-hybridized carbons (Fsp3) is 0.667. The highest BCUT2D eigenvalue weighted by molar-refractivity contribution is 5.09. The van der Waals surface area contributed by atoms with Crippen molar-refractivity contribution in [1.82, 2.24) is 10.4 Å². The van der Waals surface area contributed by atoms with E-state index in [1.54, 1.807) is 0 Å². The van der Waals surface area contributed by atoms with Gasteiger partial charge in [-0.2, -0.15) is 0 Å². The number of nitrogens with zero attached hydrogens (tertiary/aromatic N) is 1. The first-order valence-corrected chi connectivity index (χ1v) is 8.02. The van der Waals surface area contributed by atoms with E-state index in [0.29, 0.717) is 17.8 Å². The Kier molecular flexibility index (Phi) is 9.89. The van der Waals surface area contributed by atoms with Gasteiger partial charge < -0.3 is 10.7 Å². The Morgan fingerprint density at radius 2 is 1.86 bits per heavy atom. The van der Waals surface area contributed by atoms with Gasteiger partial charge in [0.1, 0.15) is 0 Å². The van der Waals surface area contributed by atoms with E-state index in [0.717, 1.165) is 13.1 Å². The van der Waals surface area contributed by atoms with Crippen LogP contribution in [0.25, 0.3) is 0 Å². The second-order valence-electron chi connectivity index (χ2n) is 6.36. The minimum atomic E-state index is 0.503. The van der Waals surface area contributed by atoms with Crippen molar-refractivity contribution in [3.63, 3.8) is 0 Å². The van der Waals surface area contributed by atoms with Gasteiger partial charge in [0, 0.05) is 24.7 Å². The molecule has 122 valence electrons. The zero-order chi connectivity index (χ0) is 16.4. The number of nitrogens with two attached hydrogens (primary N) is 1. The molecule has 3 nitrogen and oxygen atoms in total. The second kappa shape index (κ2) is 10.5. The molecule has 2 atom stereocenters. The highest BCUT2D eigenvalue weighted by Crippen LogP contribution is 2.32. The first-order chi connectivity index (χ1) is 9.84. The van der Waals surface area contributed by atoms with Gasteiger partial charge in [0.15, 0.2) is 0 Å². The van der Waals surface area contributed by atoms with Crippen molar-refractivity contribution in [2.24, 2.45) is 23.5 Å². The average Bonchev–Trinajstić information content (AvgIpc) is 2.44. The number of allylic oxidation sites excluding steroid dienone is 2. The van der Waals surface area contributed by atoms with Crippen LogP contribution < -0.4 is 11.2 Å². The summed E-state index contributed by atoms with van der Waals surface area (Å²) in [6.07, 6.45) is 4.97. The van der Waals surface area contributed by atoms with Crippen LogP contribution in [-0.2, 0) is 0 Å². The molecule has 0 bridgehead atoms. The Labute approximate surface area is 131 Å². The van der Waals surface area contributed by atoms with Crippen molar-refractivity contribution in [2.75, 3.05) is 13.1 Å². The maximum absolute atomic E-state index is 4.61. The number of hydrazine groups is 1. The summed E-state index contributed by atoms with van der Waals surface area (Å²) in [6.45, 7) is 22.8. The van der Waals surface area contributed by atoms with Crippen molar-refractivity contribution < 1.29 is 0 Å². The molecule has 0 aliphatic carbocycles. The van der Waals surface area contributed by atoms with Gasteiger partial charge in [-0.1, -0.05) is 46.1 Å². The molecule has 0 radical (unpaired) electrons. The second-order valence-corrected chi connectivity index (χ2v) is 6.36. The zero-order valence-corrected chi connectivity index (χ0v) is 14.5. The molecule has 0 aromatic rings. The van der Waals surface area contributed by atoms with E-state index in [1.165, 1.54) is 36.7 Å². The first-order valence-electron chi connectivity index (χ1n) is 8.02. The predicted molar refractivity (Wildman–Crippen MR) is 94.4 cm³/mol. The van der Waals surface area contributed by atoms with Crippen LogP contribution in [0.15, 0.2) is 37.2 Å². The lowest BCUT2D eigenvalue weighted by atomic mass is 9.81. The van der Waals surface area contributed by atoms with Gasteiger partial charge in [-0.25, -0.2) is 5.43 Å². The third kappa shape index (κ3) is 7.37. The van der Waals surface area contributed by atoms with Gasteiger partial charge in [0.2, 0.25) is 0 Å². The fourth-order valence-corrected chi connectivity index (χ4v) is 2.61. The van der Waals surface area contributed by atoms with Crippen molar-refractivity contribution >= 4 is 0 Å². The minimum absolute atomic E-state index is 0.503. The van der Waals surface area contributed by atoms with E-state index in [2.05, 4.69) is 63.6 Å². The lowest BCUT2D eigenvalue weighted by Crippen LogP contribution is -2.44. The molecule has 21 heavy (non-hydrogen) atoms. The normalized spacial score (nSPS) is 17.5. The van der Waals surface area contributed by atoms with Crippen molar-refractivity contribution in [2.45, 2.75) is 47.0 Å². The van der Waals surface area contributed by atoms with Gasteiger partial charge in [0.25, 0.3) is 0 Å². The van der Waals surface area contributed by atoms with Crippen LogP contribution in [-0.4, -0.2) is 18.1 Å². The summed E-state index contributed by atoms with van der Waals surface area (Å²) in [5.41, 5.74) is 10.6. The average molecular weight is 293 g/mol. The van der Waals surface area contributed by atoms with Crippen LogP contribution in [0.4, 0.5) is 0 Å². The molecule has 1 aliphatic rings. The van der Waals surface area contributed by atoms with Crippen LogP contribution in [0.5, 0.6) is 0 Å². The fourth-order valence-electron chi connectivity index (χ4n) is 2.61. The lowest BCUT2D eigenvalue weighted by Gasteiger charge is -2.38. The molecule has 1 rings (SSSR count). The smallest absolute Gasteiger partial charge is 0.0341 e. The third-order valence-corrected chi connectivity index (χ3v) is 3.99. The van der Waals surface area contributed by atoms with E-state index >= 15 is 0 Å². The molecule has 0 aromatic heterocycles. The van der Waals surface area contributed by atoms with Crippen LogP contribution >= 0.6 is 0 Å². The van der Waals surface area contributed by atoms with E-state index in [4.69, 9.17) is 0 Å². The summed E-state index contributed by atoms with van der Waals surface area (Å²) in [6, 6.07) is 0. The number of nitrogens with one attached hydrogen (secondary N) is 1. The van der Waals surface area contributed by atoms with Gasteiger partial charge in [0.05, 0.1) is 0 Å². The van der Waals surface area contributed by atoms with Crippen LogP contribution in [0.1, 0.15) is 47.0 Å². The quantitative estimate of drug-likeness (QED) is 0.726. The molecule has 3 heteroatoms. The molecule has 0 spiro atoms. The maximum atomic E-state index is 4.61. The zero-order valence-electron chi connectivity index (χ0n) is 14.5. The predicted octanol–water partition coefficient (Wildman–Crippen LogP) is 4.06. The summed E-state index contributed by atoms with van der Waals surface area (Å²) in [5.74, 6) is 1.70. The highest BCUT2D eigenvalue weighted by Gasteiger charge is 2.26. The van der Waals surface area contributed by atoms with Crippen LogP contribution in [0.2, 0.25) is 0 Å². The molecular weight excluding hydrogens is 258 g/mol. The van der Waals surface area contributed by atoms with Gasteiger partial charge in [-0.05, 0) is 44.2 Å². The molecule has 1 unspecified atom stereocenters. The Hall–Kier alpha value is -1.22. The summed E-state index contributed by atoms with van der Waals surface area (Å²) < 4.78 is 0. The summed E-state index contributed by atoms with van der Waals surface area (Å²) in [5, 5.41) is 2.27. The van der Waals surface area contributed by atoms with Gasteiger partial charge >= 0.3 is 0 Å². The third-order valence-electron chi connectivity index (χ3n) is 3.99. The largest absolute Gasteiger partial charge is 0.405 e. The standard InChI is InChI=1S/C16H30N2.C2H5N/c1-12(2)11-16(14(5)13(3)4)15(6)18-10-8-7-9-17-18;1-2-3/h12,14,16-17H,3,6-11H2,1-2,4-5H3;2H,1,3H2/t14?,16-;/m1./s1. The Bertz CT molecular complexity index is 327. The van der Waals surface area contributed by atoms with Crippen molar-refractivity contribution in [3.05, 3.63) is 37.2 Å². The Morgan fingerprint density at radius 3 is 2.24 bits per heavy atom. The SMILES string of the molecule is C=C(C)C(C)[C@@H](CC(C)C)C(=C)N1CCCCN1.C=CN. The van der Waals surface area contributed by atoms with Gasteiger partial charge in [-0.3, -0.25) is 0 Å². The Balaban J connectivity index is 0.00000122. The summed E-state index contributed by atoms with van der Waals surface area (Å²) in [4.78, 5) is 0. The van der Waals surface area contributed by atoms with Gasteiger partial charge in [-0.15, -0.1) is 0 Å². The number of hydrogen-bond donors (Lipinski definition) is 2. The molecule has 1 heterocycles. The van der Waals surface area contributed by atoms with E-state index in [-0.39, 0.29) is 0 Å². The Morgan fingerprint density at radius 1 is 1.29 bits per heavy atom. The van der Waals surface area contributed by atoms with E-state index < -0.39 is 0 Å². The number of hydrogen-bond acceptors (Lipinski definition) is 3. The molecule has 0 saturated carbocycles. The molecule has 0 aromatic carbocycles. The van der Waals surface area contributed by atoms with Crippen molar-refractivity contribution in [3.8, 4) is 0 Å². The molecular formula is C18H35N3. The van der Waals surface area contributed by atoms with Crippen LogP contribution in [0, 0.1) is 17.8 Å². The molecule has 1 fully saturated rings. The maximum Gasteiger partial charge on any atom is 0.0341 e. The summed E-state index contributed by atoms with van der Waals surface area (Å²) in [7, 11) is 0.